The minimum Gasteiger partial charge on any atom is -0.339 e. The fourth-order valence-corrected chi connectivity index (χ4v) is 4.05. The number of carbonyl (C=O) groups excluding carboxylic acids is 2. The number of para-hydroxylation sites is 1. The average Bonchev–Trinajstić information content (AvgIpc) is 3.10. The van der Waals surface area contributed by atoms with Crippen LogP contribution in [-0.2, 0) is 11.2 Å². The number of likely N-dealkylation sites (tertiary alicyclic amines) is 1. The van der Waals surface area contributed by atoms with Gasteiger partial charge in [0, 0.05) is 13.1 Å². The number of anilines is 1. The van der Waals surface area contributed by atoms with E-state index in [-0.39, 0.29) is 18.2 Å². The lowest BCUT2D eigenvalue weighted by Crippen LogP contribution is -2.32. The maximum Gasteiger partial charge on any atom is 0.255 e. The molecular formula is C27H28N2O2. The predicted octanol–water partition coefficient (Wildman–Crippen LogP) is 5.55. The molecule has 0 aliphatic carbocycles. The van der Waals surface area contributed by atoms with Gasteiger partial charge in [-0.05, 0) is 41.7 Å². The Bertz CT molecular complexity index is 1020. The van der Waals surface area contributed by atoms with Gasteiger partial charge < -0.3 is 10.2 Å². The second-order valence-electron chi connectivity index (χ2n) is 8.04. The Morgan fingerprint density at radius 2 is 1.32 bits per heavy atom. The van der Waals surface area contributed by atoms with Crippen molar-refractivity contribution in [2.45, 2.75) is 32.1 Å². The zero-order chi connectivity index (χ0) is 21.5. The Labute approximate surface area is 183 Å². The van der Waals surface area contributed by atoms with E-state index < -0.39 is 0 Å². The van der Waals surface area contributed by atoms with Gasteiger partial charge in [0.05, 0.1) is 17.7 Å². The summed E-state index contributed by atoms with van der Waals surface area (Å²) in [4.78, 5) is 27.7. The Morgan fingerprint density at radius 3 is 2.03 bits per heavy atom. The number of nitrogens with zero attached hydrogens (tertiary/aromatic N) is 1. The summed E-state index contributed by atoms with van der Waals surface area (Å²) in [5, 5.41) is 2.95. The summed E-state index contributed by atoms with van der Waals surface area (Å²) in [5.41, 5.74) is 4.37. The first-order valence-electron chi connectivity index (χ1n) is 11.0. The molecule has 0 bridgehead atoms. The molecule has 1 saturated heterocycles. The molecule has 4 heteroatoms. The van der Waals surface area contributed by atoms with Crippen LogP contribution in [0.1, 0.15) is 41.6 Å². The molecule has 0 saturated carbocycles. The molecule has 158 valence electrons. The predicted molar refractivity (Wildman–Crippen MR) is 125 cm³/mol. The summed E-state index contributed by atoms with van der Waals surface area (Å²) >= 11 is 0. The van der Waals surface area contributed by atoms with Crippen molar-refractivity contribution in [1.29, 1.82) is 0 Å². The summed E-state index contributed by atoms with van der Waals surface area (Å²) in [7, 11) is 0. The third-order valence-electron chi connectivity index (χ3n) is 5.75. The largest absolute Gasteiger partial charge is 0.339 e. The molecule has 3 aromatic rings. The second kappa shape index (κ2) is 10.1. The van der Waals surface area contributed by atoms with Gasteiger partial charge in [-0.3, -0.25) is 9.59 Å². The highest BCUT2D eigenvalue weighted by Gasteiger charge is 2.20. The monoisotopic (exact) mass is 412 g/mol. The molecule has 1 heterocycles. The Kier molecular flexibility index (Phi) is 6.78. The molecule has 0 unspecified atom stereocenters. The van der Waals surface area contributed by atoms with Crippen molar-refractivity contribution < 1.29 is 9.59 Å². The first kappa shape index (κ1) is 20.9. The van der Waals surface area contributed by atoms with Gasteiger partial charge in [-0.25, -0.2) is 0 Å². The first-order valence-corrected chi connectivity index (χ1v) is 11.0. The minimum absolute atomic E-state index is 0.00464. The smallest absolute Gasteiger partial charge is 0.255 e. The van der Waals surface area contributed by atoms with Crippen molar-refractivity contribution in [2.75, 3.05) is 18.4 Å². The average molecular weight is 413 g/mol. The van der Waals surface area contributed by atoms with Crippen molar-refractivity contribution in [1.82, 2.24) is 4.90 Å². The van der Waals surface area contributed by atoms with E-state index in [1.165, 1.54) is 12.8 Å². The Morgan fingerprint density at radius 1 is 0.710 bits per heavy atom. The lowest BCUT2D eigenvalue weighted by molar-refractivity contribution is -0.115. The molecule has 3 aromatic carbocycles. The molecule has 4 rings (SSSR count). The number of rotatable bonds is 5. The van der Waals surface area contributed by atoms with E-state index in [9.17, 15) is 9.59 Å². The van der Waals surface area contributed by atoms with E-state index in [4.69, 9.17) is 0 Å². The molecule has 1 N–H and O–H groups in total. The molecular weight excluding hydrogens is 384 g/mol. The minimum atomic E-state index is -0.122. The van der Waals surface area contributed by atoms with Crippen LogP contribution in [0.4, 0.5) is 5.69 Å². The zero-order valence-electron chi connectivity index (χ0n) is 17.7. The quantitative estimate of drug-likeness (QED) is 0.597. The van der Waals surface area contributed by atoms with Gasteiger partial charge in [-0.2, -0.15) is 0 Å². The molecule has 1 fully saturated rings. The van der Waals surface area contributed by atoms with Crippen LogP contribution in [0.25, 0.3) is 11.1 Å². The number of hydrogen-bond donors (Lipinski definition) is 1. The molecule has 1 aliphatic heterocycles. The van der Waals surface area contributed by atoms with Crippen LogP contribution in [-0.4, -0.2) is 29.8 Å². The van der Waals surface area contributed by atoms with Crippen LogP contribution in [0.15, 0.2) is 78.9 Å². The van der Waals surface area contributed by atoms with Gasteiger partial charge in [0.2, 0.25) is 5.91 Å². The van der Waals surface area contributed by atoms with Crippen LogP contribution in [0, 0.1) is 0 Å². The third kappa shape index (κ3) is 5.40. The van der Waals surface area contributed by atoms with E-state index in [0.29, 0.717) is 11.3 Å². The maximum absolute atomic E-state index is 13.1. The molecule has 1 aliphatic rings. The van der Waals surface area contributed by atoms with Crippen LogP contribution in [0.2, 0.25) is 0 Å². The Hall–Kier alpha value is -3.40. The fourth-order valence-electron chi connectivity index (χ4n) is 4.05. The fraction of sp³-hybridized carbons (Fsp3) is 0.259. The zero-order valence-corrected chi connectivity index (χ0v) is 17.7. The number of benzene rings is 3. The summed E-state index contributed by atoms with van der Waals surface area (Å²) in [5.74, 6) is -0.117. The van der Waals surface area contributed by atoms with Gasteiger partial charge in [-0.15, -0.1) is 0 Å². The van der Waals surface area contributed by atoms with Crippen molar-refractivity contribution >= 4 is 17.5 Å². The Balaban J connectivity index is 1.42. The second-order valence-corrected chi connectivity index (χ2v) is 8.04. The summed E-state index contributed by atoms with van der Waals surface area (Å²) in [6.45, 7) is 1.57. The SMILES string of the molecule is O=C(Cc1ccc(-c2ccccc2)cc1)Nc1ccccc1C(=O)N1CCCCCC1. The number of hydrogen-bond acceptors (Lipinski definition) is 2. The van der Waals surface area contributed by atoms with Crippen LogP contribution < -0.4 is 5.32 Å². The van der Waals surface area contributed by atoms with Crippen LogP contribution in [0.5, 0.6) is 0 Å². The van der Waals surface area contributed by atoms with E-state index in [2.05, 4.69) is 17.4 Å². The van der Waals surface area contributed by atoms with Crippen molar-refractivity contribution in [3.05, 3.63) is 90.0 Å². The number of carbonyl (C=O) groups is 2. The van der Waals surface area contributed by atoms with Crippen LogP contribution >= 0.6 is 0 Å². The highest BCUT2D eigenvalue weighted by atomic mass is 16.2. The van der Waals surface area contributed by atoms with Gasteiger partial charge in [0.25, 0.3) is 5.91 Å². The lowest BCUT2D eigenvalue weighted by atomic mass is 10.0. The normalized spacial score (nSPS) is 14.0. The molecule has 4 nitrogen and oxygen atoms in total. The van der Waals surface area contributed by atoms with Gasteiger partial charge in [-0.1, -0.05) is 79.6 Å². The highest BCUT2D eigenvalue weighted by Crippen LogP contribution is 2.22. The molecule has 0 aromatic heterocycles. The van der Waals surface area contributed by atoms with E-state index in [0.717, 1.165) is 42.6 Å². The van der Waals surface area contributed by atoms with E-state index in [1.54, 1.807) is 6.07 Å². The summed E-state index contributed by atoms with van der Waals surface area (Å²) in [6.07, 6.45) is 4.69. The number of nitrogens with one attached hydrogen (secondary N) is 1. The molecule has 0 atom stereocenters. The van der Waals surface area contributed by atoms with E-state index >= 15 is 0 Å². The van der Waals surface area contributed by atoms with Crippen LogP contribution in [0.3, 0.4) is 0 Å². The van der Waals surface area contributed by atoms with E-state index in [1.807, 2.05) is 65.6 Å². The topological polar surface area (TPSA) is 49.4 Å². The molecule has 2 amide bonds. The van der Waals surface area contributed by atoms with Gasteiger partial charge >= 0.3 is 0 Å². The van der Waals surface area contributed by atoms with Crippen molar-refractivity contribution in [3.63, 3.8) is 0 Å². The highest BCUT2D eigenvalue weighted by molar-refractivity contribution is 6.04. The summed E-state index contributed by atoms with van der Waals surface area (Å²) in [6, 6.07) is 25.5. The molecule has 0 spiro atoms. The summed E-state index contributed by atoms with van der Waals surface area (Å²) < 4.78 is 0. The van der Waals surface area contributed by atoms with Gasteiger partial charge in [0.1, 0.15) is 0 Å². The van der Waals surface area contributed by atoms with Gasteiger partial charge in [0.15, 0.2) is 0 Å². The standard InChI is InChI=1S/C27H28N2O2/c30-26(20-21-14-16-23(17-15-21)22-10-4-3-5-11-22)28-25-13-7-6-12-24(25)27(31)29-18-8-1-2-9-19-29/h3-7,10-17H,1-2,8-9,18-20H2,(H,28,30). The van der Waals surface area contributed by atoms with Crippen molar-refractivity contribution in [2.24, 2.45) is 0 Å². The maximum atomic E-state index is 13.1. The van der Waals surface area contributed by atoms with Crippen molar-refractivity contribution in [3.8, 4) is 11.1 Å². The number of amides is 2. The first-order chi connectivity index (χ1) is 15.2. The molecule has 31 heavy (non-hydrogen) atoms. The third-order valence-corrected chi connectivity index (χ3v) is 5.75. The molecule has 0 radical (unpaired) electrons. The lowest BCUT2D eigenvalue weighted by Gasteiger charge is -2.22.